The number of hydrogen-bond acceptors (Lipinski definition) is 4. The fourth-order valence-electron chi connectivity index (χ4n) is 1.77. The second kappa shape index (κ2) is 8.19. The summed E-state index contributed by atoms with van der Waals surface area (Å²) in [5.74, 6) is -0.0560. The van der Waals surface area contributed by atoms with Crippen LogP contribution in [-0.2, 0) is 4.74 Å². The average molecular weight is 283 g/mol. The molecule has 0 aliphatic heterocycles. The van der Waals surface area contributed by atoms with E-state index in [1.54, 1.807) is 23.8 Å². The molecule has 1 amide bonds. The van der Waals surface area contributed by atoms with Crippen molar-refractivity contribution in [3.8, 4) is 0 Å². The number of rotatable bonds is 7. The lowest BCUT2D eigenvalue weighted by molar-refractivity contribution is 0.0655. The molecule has 0 saturated heterocycles. The molecule has 1 rings (SSSR count). The molecule has 0 aliphatic carbocycles. The van der Waals surface area contributed by atoms with Crippen LogP contribution in [0, 0.1) is 6.92 Å². The lowest BCUT2D eigenvalue weighted by Crippen LogP contribution is -2.36. The van der Waals surface area contributed by atoms with Crippen molar-refractivity contribution in [3.05, 3.63) is 29.3 Å². The summed E-state index contributed by atoms with van der Waals surface area (Å²) in [6.45, 7) is 3.15. The predicted octanol–water partition coefficient (Wildman–Crippen LogP) is 1.80. The number of hydrogen-bond donors (Lipinski definition) is 1. The van der Waals surface area contributed by atoms with E-state index in [4.69, 9.17) is 9.84 Å². The highest BCUT2D eigenvalue weighted by Gasteiger charge is 2.17. The van der Waals surface area contributed by atoms with E-state index >= 15 is 0 Å². The summed E-state index contributed by atoms with van der Waals surface area (Å²) in [5.41, 5.74) is 1.64. The molecule has 106 valence electrons. The number of methoxy groups -OCH3 is 1. The SMILES string of the molecule is COCCN(CCO)C(=O)c1cc(SC)ccc1C. The first-order valence-electron chi connectivity index (χ1n) is 6.17. The number of ether oxygens (including phenoxy) is 1. The summed E-state index contributed by atoms with van der Waals surface area (Å²) < 4.78 is 5.00. The van der Waals surface area contributed by atoms with Crippen molar-refractivity contribution in [1.82, 2.24) is 4.90 Å². The van der Waals surface area contributed by atoms with Crippen LogP contribution in [0.4, 0.5) is 0 Å². The van der Waals surface area contributed by atoms with Gasteiger partial charge in [-0.05, 0) is 30.9 Å². The van der Waals surface area contributed by atoms with Crippen LogP contribution in [0.3, 0.4) is 0 Å². The van der Waals surface area contributed by atoms with Gasteiger partial charge in [-0.1, -0.05) is 6.07 Å². The molecule has 0 unspecified atom stereocenters. The minimum absolute atomic E-state index is 0.0449. The Morgan fingerprint density at radius 3 is 2.74 bits per heavy atom. The van der Waals surface area contributed by atoms with E-state index in [9.17, 15) is 4.79 Å². The first-order chi connectivity index (χ1) is 9.13. The van der Waals surface area contributed by atoms with Gasteiger partial charge in [0.1, 0.15) is 0 Å². The minimum atomic E-state index is -0.0560. The number of nitrogens with zero attached hydrogens (tertiary/aromatic N) is 1. The molecular formula is C14H21NO3S. The van der Waals surface area contributed by atoms with Gasteiger partial charge in [0.15, 0.2) is 0 Å². The smallest absolute Gasteiger partial charge is 0.254 e. The van der Waals surface area contributed by atoms with Crippen LogP contribution >= 0.6 is 11.8 Å². The molecule has 19 heavy (non-hydrogen) atoms. The molecule has 0 fully saturated rings. The lowest BCUT2D eigenvalue weighted by atomic mass is 10.1. The van der Waals surface area contributed by atoms with E-state index in [1.807, 2.05) is 31.4 Å². The monoisotopic (exact) mass is 283 g/mol. The number of amides is 1. The van der Waals surface area contributed by atoms with E-state index in [0.717, 1.165) is 10.5 Å². The molecular weight excluding hydrogens is 262 g/mol. The van der Waals surface area contributed by atoms with Crippen LogP contribution in [0.5, 0.6) is 0 Å². The summed E-state index contributed by atoms with van der Waals surface area (Å²) >= 11 is 1.61. The summed E-state index contributed by atoms with van der Waals surface area (Å²) in [6, 6.07) is 5.86. The van der Waals surface area contributed by atoms with Gasteiger partial charge >= 0.3 is 0 Å². The molecule has 1 N–H and O–H groups in total. The molecule has 0 aromatic heterocycles. The maximum atomic E-state index is 12.5. The van der Waals surface area contributed by atoms with Crippen LogP contribution < -0.4 is 0 Å². The molecule has 0 bridgehead atoms. The molecule has 1 aromatic carbocycles. The van der Waals surface area contributed by atoms with Crippen LogP contribution in [0.1, 0.15) is 15.9 Å². The summed E-state index contributed by atoms with van der Waals surface area (Å²) in [7, 11) is 1.60. The zero-order valence-electron chi connectivity index (χ0n) is 11.7. The van der Waals surface area contributed by atoms with E-state index in [1.165, 1.54) is 0 Å². The van der Waals surface area contributed by atoms with Crippen LogP contribution in [0.2, 0.25) is 0 Å². The number of aryl methyl sites for hydroxylation is 1. The molecule has 4 nitrogen and oxygen atoms in total. The predicted molar refractivity (Wildman–Crippen MR) is 77.8 cm³/mol. The Hall–Kier alpha value is -1.04. The van der Waals surface area contributed by atoms with Gasteiger partial charge in [0.2, 0.25) is 0 Å². The van der Waals surface area contributed by atoms with E-state index in [2.05, 4.69) is 0 Å². The van der Waals surface area contributed by atoms with Crippen LogP contribution in [-0.4, -0.2) is 55.6 Å². The van der Waals surface area contributed by atoms with Gasteiger partial charge in [0.05, 0.1) is 13.2 Å². The van der Waals surface area contributed by atoms with Crippen molar-refractivity contribution in [2.75, 3.05) is 39.7 Å². The van der Waals surface area contributed by atoms with Crippen molar-refractivity contribution in [2.24, 2.45) is 0 Å². The number of thioether (sulfide) groups is 1. The van der Waals surface area contributed by atoms with Crippen LogP contribution in [0.15, 0.2) is 23.1 Å². The summed E-state index contributed by atoms with van der Waals surface area (Å²) in [4.78, 5) is 15.2. The topological polar surface area (TPSA) is 49.8 Å². The second-order valence-electron chi connectivity index (χ2n) is 4.19. The quantitative estimate of drug-likeness (QED) is 0.775. The molecule has 1 aromatic rings. The van der Waals surface area contributed by atoms with Gasteiger partial charge in [-0.25, -0.2) is 0 Å². The molecule has 5 heteroatoms. The molecule has 0 saturated carbocycles. The highest BCUT2D eigenvalue weighted by atomic mass is 32.2. The molecule has 0 heterocycles. The number of aliphatic hydroxyl groups is 1. The van der Waals surface area contributed by atoms with Gasteiger partial charge in [-0.2, -0.15) is 0 Å². The lowest BCUT2D eigenvalue weighted by Gasteiger charge is -2.22. The fraction of sp³-hybridized carbons (Fsp3) is 0.500. The number of benzene rings is 1. The number of carbonyl (C=O) groups is 1. The molecule has 0 atom stereocenters. The van der Waals surface area contributed by atoms with E-state index < -0.39 is 0 Å². The Balaban J connectivity index is 2.94. The van der Waals surface area contributed by atoms with Crippen molar-refractivity contribution in [3.63, 3.8) is 0 Å². The Morgan fingerprint density at radius 1 is 1.42 bits per heavy atom. The van der Waals surface area contributed by atoms with Gasteiger partial charge in [-0.15, -0.1) is 11.8 Å². The normalized spacial score (nSPS) is 10.5. The Bertz CT molecular complexity index is 423. The molecule has 0 radical (unpaired) electrons. The molecule has 0 aliphatic rings. The zero-order chi connectivity index (χ0) is 14.3. The third kappa shape index (κ3) is 4.53. The average Bonchev–Trinajstić information content (AvgIpc) is 2.43. The van der Waals surface area contributed by atoms with Crippen molar-refractivity contribution < 1.29 is 14.6 Å². The summed E-state index contributed by atoms with van der Waals surface area (Å²) in [6.07, 6.45) is 1.98. The van der Waals surface area contributed by atoms with Gasteiger partial charge in [0, 0.05) is 30.7 Å². The van der Waals surface area contributed by atoms with Crippen molar-refractivity contribution in [2.45, 2.75) is 11.8 Å². The standard InChI is InChI=1S/C14H21NO3S/c1-11-4-5-12(19-3)10-13(11)14(17)15(6-8-16)7-9-18-2/h4-5,10,16H,6-9H2,1-3H3. The fourth-order valence-corrected chi connectivity index (χ4v) is 2.21. The zero-order valence-corrected chi connectivity index (χ0v) is 12.5. The van der Waals surface area contributed by atoms with Crippen molar-refractivity contribution in [1.29, 1.82) is 0 Å². The van der Waals surface area contributed by atoms with Gasteiger partial charge in [0.25, 0.3) is 5.91 Å². The van der Waals surface area contributed by atoms with E-state index in [-0.39, 0.29) is 12.5 Å². The van der Waals surface area contributed by atoms with Gasteiger partial charge in [-0.3, -0.25) is 4.79 Å². The Kier molecular flexibility index (Phi) is 6.91. The second-order valence-corrected chi connectivity index (χ2v) is 5.07. The third-order valence-electron chi connectivity index (χ3n) is 2.90. The van der Waals surface area contributed by atoms with Gasteiger partial charge < -0.3 is 14.7 Å². The largest absolute Gasteiger partial charge is 0.395 e. The summed E-state index contributed by atoms with van der Waals surface area (Å²) in [5, 5.41) is 9.06. The van der Waals surface area contributed by atoms with E-state index in [0.29, 0.717) is 25.3 Å². The molecule has 0 spiro atoms. The third-order valence-corrected chi connectivity index (χ3v) is 3.62. The first kappa shape index (κ1) is 16.0. The maximum Gasteiger partial charge on any atom is 0.254 e. The first-order valence-corrected chi connectivity index (χ1v) is 7.40. The van der Waals surface area contributed by atoms with Crippen molar-refractivity contribution >= 4 is 17.7 Å². The number of carbonyl (C=O) groups excluding carboxylic acids is 1. The number of aliphatic hydroxyl groups excluding tert-OH is 1. The highest BCUT2D eigenvalue weighted by molar-refractivity contribution is 7.98. The Labute approximate surface area is 118 Å². The highest BCUT2D eigenvalue weighted by Crippen LogP contribution is 2.20. The Morgan fingerprint density at radius 2 is 2.16 bits per heavy atom. The minimum Gasteiger partial charge on any atom is -0.395 e. The maximum absolute atomic E-state index is 12.5. The van der Waals surface area contributed by atoms with Crippen LogP contribution in [0.25, 0.3) is 0 Å².